The van der Waals surface area contributed by atoms with Crippen LogP contribution in [0.1, 0.15) is 54.3 Å². The number of H-pyrrole nitrogens is 1. The average molecular weight is 341 g/mol. The number of nitrogens with one attached hydrogen (secondary N) is 1. The lowest BCUT2D eigenvalue weighted by Gasteiger charge is -2.41. The number of carbonyl (C=O) groups is 1. The molecule has 2 heterocycles. The Morgan fingerprint density at radius 3 is 2.44 bits per heavy atom. The molecule has 0 bridgehead atoms. The molecule has 1 aromatic heterocycles. The Labute approximate surface area is 147 Å². The smallest absolute Gasteiger partial charge is 0.226 e. The lowest BCUT2D eigenvalue weighted by molar-refractivity contribution is -0.140. The summed E-state index contributed by atoms with van der Waals surface area (Å²) in [6, 6.07) is 6.64. The molecule has 1 aromatic carbocycles. The normalized spacial score (nSPS) is 24.2. The van der Waals surface area contributed by atoms with E-state index in [-0.39, 0.29) is 23.6 Å². The summed E-state index contributed by atoms with van der Waals surface area (Å²) in [4.78, 5) is 15.0. The van der Waals surface area contributed by atoms with E-state index in [9.17, 15) is 9.18 Å². The third kappa shape index (κ3) is 3.08. The van der Waals surface area contributed by atoms with Crippen molar-refractivity contribution in [2.24, 2.45) is 5.92 Å². The number of amides is 1. The van der Waals surface area contributed by atoms with Crippen molar-refractivity contribution in [3.05, 3.63) is 53.1 Å². The Hall–Kier alpha value is -2.17. The van der Waals surface area contributed by atoms with E-state index in [1.165, 1.54) is 17.7 Å². The second kappa shape index (κ2) is 6.62. The Morgan fingerprint density at radius 2 is 1.88 bits per heavy atom. The van der Waals surface area contributed by atoms with Gasteiger partial charge in [0.15, 0.2) is 0 Å². The Morgan fingerprint density at radius 1 is 1.16 bits per heavy atom. The van der Waals surface area contributed by atoms with E-state index in [0.29, 0.717) is 5.92 Å². The highest BCUT2D eigenvalue weighted by molar-refractivity contribution is 5.81. The van der Waals surface area contributed by atoms with Gasteiger partial charge < -0.3 is 4.90 Å². The monoisotopic (exact) mass is 341 g/mol. The molecule has 1 saturated carbocycles. The summed E-state index contributed by atoms with van der Waals surface area (Å²) in [7, 11) is 0. The highest BCUT2D eigenvalue weighted by atomic mass is 19.1. The zero-order valence-corrected chi connectivity index (χ0v) is 14.5. The molecule has 1 saturated heterocycles. The van der Waals surface area contributed by atoms with Crippen molar-refractivity contribution in [1.82, 2.24) is 15.1 Å². The van der Waals surface area contributed by atoms with E-state index in [0.717, 1.165) is 50.0 Å². The van der Waals surface area contributed by atoms with Crippen LogP contribution in [0.2, 0.25) is 0 Å². The number of rotatable bonds is 3. The predicted molar refractivity (Wildman–Crippen MR) is 93.7 cm³/mol. The van der Waals surface area contributed by atoms with Crippen LogP contribution in [0.5, 0.6) is 0 Å². The number of hydrogen-bond acceptors (Lipinski definition) is 2. The van der Waals surface area contributed by atoms with Crippen LogP contribution in [0, 0.1) is 18.7 Å². The minimum Gasteiger partial charge on any atom is -0.342 e. The number of hydrogen-bond donors (Lipinski definition) is 1. The molecule has 0 radical (unpaired) electrons. The molecule has 2 aromatic rings. The first-order valence-corrected chi connectivity index (χ1v) is 9.17. The van der Waals surface area contributed by atoms with Gasteiger partial charge in [-0.25, -0.2) is 4.39 Å². The van der Waals surface area contributed by atoms with Gasteiger partial charge in [-0.15, -0.1) is 0 Å². The molecule has 1 amide bonds. The second-order valence-corrected chi connectivity index (χ2v) is 7.39. The maximum Gasteiger partial charge on any atom is 0.226 e. The van der Waals surface area contributed by atoms with Crippen LogP contribution in [0.25, 0.3) is 0 Å². The molecule has 1 aliphatic carbocycles. The molecule has 0 spiro atoms. The standard InChI is InChI=1S/C20H24FN3O/c1-13-19(12-22-23-13)15-8-10-24(11-9-15)20(25)18-7-6-17(18)14-2-4-16(21)5-3-14/h2-5,12,15,17-18H,6-11H2,1H3,(H,22,23). The first-order chi connectivity index (χ1) is 12.1. The second-order valence-electron chi connectivity index (χ2n) is 7.39. The molecule has 25 heavy (non-hydrogen) atoms. The van der Waals surface area contributed by atoms with Crippen LogP contribution in [0.3, 0.4) is 0 Å². The van der Waals surface area contributed by atoms with Crippen molar-refractivity contribution < 1.29 is 9.18 Å². The molecule has 5 heteroatoms. The van der Waals surface area contributed by atoms with Gasteiger partial charge in [-0.1, -0.05) is 12.1 Å². The van der Waals surface area contributed by atoms with Crippen molar-refractivity contribution in [2.45, 2.75) is 44.4 Å². The van der Waals surface area contributed by atoms with Gasteiger partial charge in [-0.05, 0) is 67.7 Å². The van der Waals surface area contributed by atoms with E-state index in [2.05, 4.69) is 17.1 Å². The molecule has 2 aliphatic rings. The lowest BCUT2D eigenvalue weighted by Crippen LogP contribution is -2.45. The molecular weight excluding hydrogens is 317 g/mol. The van der Waals surface area contributed by atoms with Crippen LogP contribution < -0.4 is 0 Å². The van der Waals surface area contributed by atoms with Crippen molar-refractivity contribution >= 4 is 5.91 Å². The van der Waals surface area contributed by atoms with E-state index in [1.54, 1.807) is 0 Å². The zero-order chi connectivity index (χ0) is 17.4. The quantitative estimate of drug-likeness (QED) is 0.924. The van der Waals surface area contributed by atoms with Gasteiger partial charge in [0.25, 0.3) is 0 Å². The molecule has 2 fully saturated rings. The Bertz CT molecular complexity index is 747. The highest BCUT2D eigenvalue weighted by Crippen LogP contribution is 2.44. The molecule has 132 valence electrons. The molecular formula is C20H24FN3O. The third-order valence-electron chi connectivity index (χ3n) is 6.01. The van der Waals surface area contributed by atoms with Crippen molar-refractivity contribution in [2.75, 3.05) is 13.1 Å². The summed E-state index contributed by atoms with van der Waals surface area (Å²) in [6.07, 6.45) is 5.89. The molecule has 1 N–H and O–H groups in total. The summed E-state index contributed by atoms with van der Waals surface area (Å²) in [5, 5.41) is 7.13. The first kappa shape index (κ1) is 16.3. The first-order valence-electron chi connectivity index (χ1n) is 9.17. The van der Waals surface area contributed by atoms with Crippen LogP contribution in [0.4, 0.5) is 4.39 Å². The fourth-order valence-corrected chi connectivity index (χ4v) is 4.32. The van der Waals surface area contributed by atoms with Gasteiger partial charge in [-0.3, -0.25) is 9.89 Å². The van der Waals surface area contributed by atoms with Crippen LogP contribution >= 0.6 is 0 Å². The maximum absolute atomic E-state index is 13.1. The van der Waals surface area contributed by atoms with E-state index >= 15 is 0 Å². The molecule has 2 unspecified atom stereocenters. The van der Waals surface area contributed by atoms with Gasteiger partial charge >= 0.3 is 0 Å². The van der Waals surface area contributed by atoms with Gasteiger partial charge in [0, 0.05) is 24.7 Å². The third-order valence-corrected chi connectivity index (χ3v) is 6.01. The fourth-order valence-electron chi connectivity index (χ4n) is 4.32. The number of halogens is 1. The van der Waals surface area contributed by atoms with E-state index in [4.69, 9.17) is 0 Å². The maximum atomic E-state index is 13.1. The van der Waals surface area contributed by atoms with Crippen LogP contribution in [-0.4, -0.2) is 34.1 Å². The fraction of sp³-hybridized carbons (Fsp3) is 0.500. The molecule has 4 nitrogen and oxygen atoms in total. The molecule has 2 atom stereocenters. The number of aryl methyl sites for hydroxylation is 1. The molecule has 1 aliphatic heterocycles. The summed E-state index contributed by atoms with van der Waals surface area (Å²) in [5.41, 5.74) is 3.52. The number of benzene rings is 1. The number of aromatic nitrogens is 2. The SMILES string of the molecule is Cc1[nH]ncc1C1CCN(C(=O)C2CCC2c2ccc(F)cc2)CC1. The topological polar surface area (TPSA) is 49.0 Å². The minimum absolute atomic E-state index is 0.0673. The largest absolute Gasteiger partial charge is 0.342 e. The van der Waals surface area contributed by atoms with Crippen molar-refractivity contribution in [3.8, 4) is 0 Å². The minimum atomic E-state index is -0.220. The molecule has 4 rings (SSSR count). The predicted octanol–water partition coefficient (Wildman–Crippen LogP) is 3.76. The average Bonchev–Trinajstić information content (AvgIpc) is 3.02. The number of aromatic amines is 1. The van der Waals surface area contributed by atoms with E-state index in [1.807, 2.05) is 23.2 Å². The zero-order valence-electron chi connectivity index (χ0n) is 14.5. The van der Waals surface area contributed by atoms with Crippen molar-refractivity contribution in [3.63, 3.8) is 0 Å². The van der Waals surface area contributed by atoms with Crippen molar-refractivity contribution in [1.29, 1.82) is 0 Å². The van der Waals surface area contributed by atoms with Gasteiger partial charge in [-0.2, -0.15) is 5.10 Å². The van der Waals surface area contributed by atoms with E-state index < -0.39 is 0 Å². The van der Waals surface area contributed by atoms with Crippen LogP contribution in [-0.2, 0) is 4.79 Å². The Balaban J connectivity index is 1.37. The van der Waals surface area contributed by atoms with Crippen LogP contribution in [0.15, 0.2) is 30.5 Å². The Kier molecular flexibility index (Phi) is 4.32. The van der Waals surface area contributed by atoms with Gasteiger partial charge in [0.2, 0.25) is 5.91 Å². The summed E-state index contributed by atoms with van der Waals surface area (Å²) in [5.74, 6) is 0.877. The summed E-state index contributed by atoms with van der Waals surface area (Å²) >= 11 is 0. The summed E-state index contributed by atoms with van der Waals surface area (Å²) < 4.78 is 13.1. The number of nitrogens with zero attached hydrogens (tertiary/aromatic N) is 2. The highest BCUT2D eigenvalue weighted by Gasteiger charge is 2.40. The van der Waals surface area contributed by atoms with Gasteiger partial charge in [0.1, 0.15) is 5.82 Å². The lowest BCUT2D eigenvalue weighted by atomic mass is 9.69. The number of piperidine rings is 1. The number of carbonyl (C=O) groups excluding carboxylic acids is 1. The van der Waals surface area contributed by atoms with Gasteiger partial charge in [0.05, 0.1) is 6.20 Å². The summed E-state index contributed by atoms with van der Waals surface area (Å²) in [6.45, 7) is 3.70. The number of likely N-dealkylation sites (tertiary alicyclic amines) is 1.